The number of ether oxygens (including phenoxy) is 2. The number of urea groups is 1. The Bertz CT molecular complexity index is 992. The number of methoxy groups -OCH3 is 2. The molecule has 0 radical (unpaired) electrons. The Morgan fingerprint density at radius 2 is 1.56 bits per heavy atom. The second-order valence-corrected chi connectivity index (χ2v) is 5.50. The molecule has 2 aromatic rings. The molecule has 0 saturated heterocycles. The summed E-state index contributed by atoms with van der Waals surface area (Å²) in [5.74, 6) is -1.64. The van der Waals surface area contributed by atoms with Gasteiger partial charge in [-0.2, -0.15) is 18.4 Å². The summed E-state index contributed by atoms with van der Waals surface area (Å²) in [6, 6.07) is 3.95. The molecule has 1 aromatic carbocycles. The van der Waals surface area contributed by atoms with E-state index in [-0.39, 0.29) is 29.1 Å². The molecular weight excluding hydrogens is 382 g/mol. The minimum Gasteiger partial charge on any atom is -0.478 e. The number of carbonyl (C=O) groups excluding carboxylic acids is 1. The van der Waals surface area contributed by atoms with Crippen molar-refractivity contribution in [1.82, 2.24) is 20.3 Å². The molecule has 12 nitrogen and oxygen atoms in total. The van der Waals surface area contributed by atoms with Crippen LogP contribution in [-0.4, -0.2) is 59.7 Å². The molecule has 0 unspecified atom stereocenters. The summed E-state index contributed by atoms with van der Waals surface area (Å²) in [5, 5.41) is 13.4. The summed E-state index contributed by atoms with van der Waals surface area (Å²) < 4.78 is 32.7. The second-order valence-electron chi connectivity index (χ2n) is 4.63. The van der Waals surface area contributed by atoms with Crippen LogP contribution in [0.2, 0.25) is 0 Å². The molecule has 2 amide bonds. The van der Waals surface area contributed by atoms with Crippen molar-refractivity contribution in [3.05, 3.63) is 35.4 Å². The Morgan fingerprint density at radius 3 is 2.04 bits per heavy atom. The molecule has 0 saturated carbocycles. The predicted molar refractivity (Wildman–Crippen MR) is 91.5 cm³/mol. The van der Waals surface area contributed by atoms with Gasteiger partial charge in [-0.15, -0.1) is 4.98 Å². The topological polar surface area (TPSA) is 170 Å². The van der Waals surface area contributed by atoms with Crippen molar-refractivity contribution in [1.29, 1.82) is 0 Å². The van der Waals surface area contributed by atoms with E-state index in [1.807, 2.05) is 0 Å². The maximum Gasteiger partial charge on any atom is 0.336 e. The van der Waals surface area contributed by atoms with Gasteiger partial charge in [0.05, 0.1) is 19.8 Å². The van der Waals surface area contributed by atoms with Crippen molar-refractivity contribution in [2.24, 2.45) is 0 Å². The molecule has 0 bridgehead atoms. The van der Waals surface area contributed by atoms with E-state index < -0.39 is 27.3 Å². The highest BCUT2D eigenvalue weighted by atomic mass is 32.2. The minimum absolute atomic E-state index is 0.148. The van der Waals surface area contributed by atoms with Crippen LogP contribution in [0, 0.1) is 0 Å². The Kier molecular flexibility index (Phi) is 6.22. The lowest BCUT2D eigenvalue weighted by Gasteiger charge is -2.10. The third-order valence-corrected chi connectivity index (χ3v) is 3.64. The van der Waals surface area contributed by atoms with E-state index in [0.717, 1.165) is 0 Å². The van der Waals surface area contributed by atoms with Gasteiger partial charge in [-0.1, -0.05) is 18.2 Å². The van der Waals surface area contributed by atoms with Crippen LogP contribution < -0.4 is 20.1 Å². The number of hydrogen-bond donors (Lipinski definition) is 3. The van der Waals surface area contributed by atoms with Gasteiger partial charge >= 0.3 is 24.0 Å². The molecule has 142 valence electrons. The van der Waals surface area contributed by atoms with Crippen LogP contribution in [0.1, 0.15) is 15.9 Å². The molecule has 1 heterocycles. The Labute approximate surface area is 153 Å². The Morgan fingerprint density at radius 1 is 1.00 bits per heavy atom. The number of carbonyl (C=O) groups is 2. The number of carboxylic acids is 1. The molecule has 0 fully saturated rings. The largest absolute Gasteiger partial charge is 0.478 e. The van der Waals surface area contributed by atoms with Crippen molar-refractivity contribution in [2.45, 2.75) is 0 Å². The van der Waals surface area contributed by atoms with Crippen LogP contribution in [0.3, 0.4) is 0 Å². The quantitative estimate of drug-likeness (QED) is 0.574. The van der Waals surface area contributed by atoms with Gasteiger partial charge in [-0.25, -0.2) is 9.59 Å². The van der Waals surface area contributed by atoms with Gasteiger partial charge in [-0.05, 0) is 6.07 Å². The smallest absolute Gasteiger partial charge is 0.336 e. The number of nitrogens with one attached hydrogen (secondary N) is 2. The molecule has 3 N–H and O–H groups in total. The molecule has 0 aliphatic carbocycles. The Hall–Kier alpha value is -3.74. The molecular formula is C14H13N5O7S. The number of benzene rings is 1. The molecule has 2 rings (SSSR count). The number of rotatable bonds is 5. The lowest BCUT2D eigenvalue weighted by Crippen LogP contribution is -2.36. The molecule has 1 aromatic heterocycles. The Balaban J connectivity index is 2.31. The molecule has 0 aliphatic rings. The van der Waals surface area contributed by atoms with Crippen molar-refractivity contribution >= 4 is 33.2 Å². The molecule has 0 aliphatic heterocycles. The maximum atomic E-state index is 12.1. The number of aromatic carboxylic acids is 1. The number of hydrogen-bond acceptors (Lipinski definition) is 9. The lowest BCUT2D eigenvalue weighted by molar-refractivity contribution is 0.0696. The number of carboxylic acid groups (broad SMARTS) is 1. The summed E-state index contributed by atoms with van der Waals surface area (Å²) in [7, 11) is -0.372. The van der Waals surface area contributed by atoms with Gasteiger partial charge in [0.2, 0.25) is 16.2 Å². The first-order valence-electron chi connectivity index (χ1n) is 7.06. The molecule has 0 atom stereocenters. The number of amides is 2. The van der Waals surface area contributed by atoms with E-state index in [1.54, 1.807) is 0 Å². The van der Waals surface area contributed by atoms with Crippen LogP contribution in [0.4, 0.5) is 10.7 Å². The summed E-state index contributed by atoms with van der Waals surface area (Å²) in [6.45, 7) is 0. The highest BCUT2D eigenvalue weighted by Gasteiger charge is 2.19. The second kappa shape index (κ2) is 8.57. The summed E-state index contributed by atoms with van der Waals surface area (Å²) >= 11 is 0. The summed E-state index contributed by atoms with van der Waals surface area (Å²) in [4.78, 5) is 34.0. The van der Waals surface area contributed by atoms with Crippen molar-refractivity contribution in [3.63, 3.8) is 0 Å². The van der Waals surface area contributed by atoms with Crippen LogP contribution in [0.5, 0.6) is 12.0 Å². The van der Waals surface area contributed by atoms with Crippen molar-refractivity contribution < 1.29 is 32.6 Å². The summed E-state index contributed by atoms with van der Waals surface area (Å²) in [6.07, 6.45) is 0. The molecule has 13 heteroatoms. The highest BCUT2D eigenvalue weighted by molar-refractivity contribution is 7.73. The van der Waals surface area contributed by atoms with E-state index in [4.69, 9.17) is 9.47 Å². The average molecular weight is 395 g/mol. The van der Waals surface area contributed by atoms with E-state index in [0.29, 0.717) is 0 Å². The normalized spacial score (nSPS) is 9.85. The van der Waals surface area contributed by atoms with Crippen LogP contribution in [0.25, 0.3) is 0 Å². The number of nitrogens with zero attached hydrogens (tertiary/aromatic N) is 3. The monoisotopic (exact) mass is 395 g/mol. The van der Waals surface area contributed by atoms with Gasteiger partial charge in [0.1, 0.15) is 0 Å². The van der Waals surface area contributed by atoms with E-state index >= 15 is 0 Å². The van der Waals surface area contributed by atoms with E-state index in [2.05, 4.69) is 25.6 Å². The molecule has 27 heavy (non-hydrogen) atoms. The zero-order valence-corrected chi connectivity index (χ0v) is 14.8. The number of anilines is 1. The molecule has 0 spiro atoms. The van der Waals surface area contributed by atoms with Gasteiger partial charge in [0.15, 0.2) is 4.99 Å². The standard InChI is InChI=1S/C14H13N5O7S/c1-25-13-17-11(18-14(19-13)26-2)16-12(22)15-9(27(23)24)7-5-3-4-6-8(7)10(20)21/h3-6H,1-2H3,(H,20,21)(H2,15,16,17,18,19,22). The predicted octanol–water partition coefficient (Wildman–Crippen LogP) is -0.234. The first-order chi connectivity index (χ1) is 12.8. The van der Waals surface area contributed by atoms with Gasteiger partial charge in [0, 0.05) is 5.56 Å². The first-order valence-corrected chi connectivity index (χ1v) is 8.14. The third kappa shape index (κ3) is 4.88. The van der Waals surface area contributed by atoms with E-state index in [9.17, 15) is 23.1 Å². The fraction of sp³-hybridized carbons (Fsp3) is 0.143. The van der Waals surface area contributed by atoms with Gasteiger partial charge in [-0.3, -0.25) is 10.6 Å². The zero-order chi connectivity index (χ0) is 20.0. The highest BCUT2D eigenvalue weighted by Crippen LogP contribution is 2.12. The van der Waals surface area contributed by atoms with E-state index in [1.165, 1.54) is 38.5 Å². The van der Waals surface area contributed by atoms with Crippen molar-refractivity contribution in [2.75, 3.05) is 19.5 Å². The lowest BCUT2D eigenvalue weighted by atomic mass is 10.1. The fourth-order valence-electron chi connectivity index (χ4n) is 1.88. The zero-order valence-electron chi connectivity index (χ0n) is 14.0. The van der Waals surface area contributed by atoms with Crippen molar-refractivity contribution in [3.8, 4) is 12.0 Å². The first kappa shape index (κ1) is 19.6. The average Bonchev–Trinajstić information content (AvgIpc) is 2.65. The number of aromatic nitrogens is 3. The summed E-state index contributed by atoms with van der Waals surface area (Å²) in [5.41, 5.74) is -0.500. The SMILES string of the molecule is COc1nc(NC(=O)NC(c2ccccc2C(=O)O)=S(=O)=O)nc(OC)n1. The third-order valence-electron chi connectivity index (χ3n) is 2.98. The van der Waals surface area contributed by atoms with Gasteiger partial charge < -0.3 is 14.6 Å². The fourth-order valence-corrected chi connectivity index (χ4v) is 2.41. The van der Waals surface area contributed by atoms with Crippen LogP contribution in [-0.2, 0) is 10.3 Å². The van der Waals surface area contributed by atoms with Crippen LogP contribution in [0.15, 0.2) is 24.3 Å². The minimum atomic E-state index is -2.94. The maximum absolute atomic E-state index is 12.1. The van der Waals surface area contributed by atoms with Gasteiger partial charge in [0.25, 0.3) is 0 Å². The van der Waals surface area contributed by atoms with Crippen LogP contribution >= 0.6 is 0 Å².